The summed E-state index contributed by atoms with van der Waals surface area (Å²) < 4.78 is 8.07. The van der Waals surface area contributed by atoms with Gasteiger partial charge in [0.25, 0.3) is 0 Å². The molecule has 1 atom stereocenters. The van der Waals surface area contributed by atoms with Crippen LogP contribution >= 0.6 is 11.8 Å². The fourth-order valence-electron chi connectivity index (χ4n) is 2.05. The third-order valence-electron chi connectivity index (χ3n) is 3.72. The zero-order valence-electron chi connectivity index (χ0n) is 14.5. The third kappa shape index (κ3) is 5.57. The van der Waals surface area contributed by atoms with E-state index in [2.05, 4.69) is 42.5 Å². The lowest BCUT2D eigenvalue weighted by atomic mass is 10.1. The highest BCUT2D eigenvalue weighted by Crippen LogP contribution is 2.25. The van der Waals surface area contributed by atoms with Crippen LogP contribution in [-0.4, -0.2) is 20.0 Å². The molecule has 0 fully saturated rings. The van der Waals surface area contributed by atoms with E-state index >= 15 is 0 Å². The maximum Gasteiger partial charge on any atom is 0.191 e. The van der Waals surface area contributed by atoms with E-state index in [1.54, 1.807) is 11.8 Å². The van der Waals surface area contributed by atoms with Gasteiger partial charge in [-0.3, -0.25) is 0 Å². The Morgan fingerprint density at radius 3 is 2.52 bits per heavy atom. The third-order valence-corrected chi connectivity index (χ3v) is 4.96. The van der Waals surface area contributed by atoms with Crippen LogP contribution in [-0.2, 0) is 13.2 Å². The van der Waals surface area contributed by atoms with E-state index in [9.17, 15) is 0 Å². The van der Waals surface area contributed by atoms with Crippen molar-refractivity contribution < 1.29 is 4.74 Å². The Morgan fingerprint density at radius 2 is 1.87 bits per heavy atom. The van der Waals surface area contributed by atoms with Gasteiger partial charge in [-0.05, 0) is 30.9 Å². The number of thioether (sulfide) groups is 1. The van der Waals surface area contributed by atoms with Crippen molar-refractivity contribution in [3.63, 3.8) is 0 Å². The molecule has 126 valence electrons. The van der Waals surface area contributed by atoms with E-state index in [4.69, 9.17) is 4.74 Å². The van der Waals surface area contributed by atoms with Crippen molar-refractivity contribution in [2.75, 3.05) is 0 Å². The molecule has 0 spiro atoms. The quantitative estimate of drug-likeness (QED) is 0.618. The monoisotopic (exact) mass is 333 g/mol. The highest BCUT2D eigenvalue weighted by Gasteiger charge is 2.15. The van der Waals surface area contributed by atoms with E-state index in [1.807, 2.05) is 30.3 Å². The van der Waals surface area contributed by atoms with Crippen LogP contribution in [0.15, 0.2) is 35.5 Å². The highest BCUT2D eigenvalue weighted by atomic mass is 32.2. The van der Waals surface area contributed by atoms with Crippen LogP contribution in [0, 0.1) is 5.92 Å². The number of aromatic nitrogens is 3. The van der Waals surface area contributed by atoms with Gasteiger partial charge in [-0.1, -0.05) is 57.7 Å². The molecule has 1 aromatic heterocycles. The maximum absolute atomic E-state index is 5.85. The molecule has 0 aliphatic heterocycles. The van der Waals surface area contributed by atoms with Crippen LogP contribution in [0.1, 0.15) is 46.4 Å². The fraction of sp³-hybridized carbons (Fsp3) is 0.556. The molecule has 2 aromatic rings. The van der Waals surface area contributed by atoms with E-state index in [-0.39, 0.29) is 0 Å². The van der Waals surface area contributed by atoms with Crippen LogP contribution in [0.25, 0.3) is 0 Å². The van der Waals surface area contributed by atoms with Crippen molar-refractivity contribution in [1.82, 2.24) is 14.8 Å². The molecule has 0 saturated carbocycles. The molecule has 0 N–H and O–H groups in total. The summed E-state index contributed by atoms with van der Waals surface area (Å²) in [5.74, 6) is 2.42. The lowest BCUT2D eigenvalue weighted by molar-refractivity contribution is 0.285. The molecule has 2 rings (SSSR count). The molecule has 1 heterocycles. The number of hydrogen-bond donors (Lipinski definition) is 0. The number of benzene rings is 1. The summed E-state index contributed by atoms with van der Waals surface area (Å²) in [7, 11) is 0. The fourth-order valence-corrected chi connectivity index (χ4v) is 2.99. The molecule has 0 radical (unpaired) electrons. The highest BCUT2D eigenvalue weighted by molar-refractivity contribution is 7.99. The molecular formula is C18H27N3OS. The number of para-hydroxylation sites is 1. The van der Waals surface area contributed by atoms with Gasteiger partial charge < -0.3 is 9.30 Å². The second-order valence-corrected chi connectivity index (χ2v) is 7.58. The number of rotatable bonds is 9. The molecular weight excluding hydrogens is 306 g/mol. The molecule has 4 nitrogen and oxygen atoms in total. The summed E-state index contributed by atoms with van der Waals surface area (Å²) in [6, 6.07) is 9.86. The first-order valence-electron chi connectivity index (χ1n) is 8.36. The van der Waals surface area contributed by atoms with Crippen LogP contribution in [0.4, 0.5) is 0 Å². The normalized spacial score (nSPS) is 12.6. The smallest absolute Gasteiger partial charge is 0.191 e. The minimum atomic E-state index is 0.455. The summed E-state index contributed by atoms with van der Waals surface area (Å²) in [6.07, 6.45) is 2.24. The molecule has 23 heavy (non-hydrogen) atoms. The van der Waals surface area contributed by atoms with E-state index < -0.39 is 0 Å². The Hall–Kier alpha value is -1.49. The average Bonchev–Trinajstić information content (AvgIpc) is 2.93. The average molecular weight is 334 g/mol. The van der Waals surface area contributed by atoms with Gasteiger partial charge in [-0.2, -0.15) is 0 Å². The van der Waals surface area contributed by atoms with Gasteiger partial charge >= 0.3 is 0 Å². The van der Waals surface area contributed by atoms with E-state index in [1.165, 1.54) is 0 Å². The first-order valence-corrected chi connectivity index (χ1v) is 9.24. The lowest BCUT2D eigenvalue weighted by Crippen LogP contribution is -2.11. The summed E-state index contributed by atoms with van der Waals surface area (Å²) >= 11 is 1.80. The second-order valence-electron chi connectivity index (χ2n) is 6.17. The van der Waals surface area contributed by atoms with Crippen LogP contribution in [0.5, 0.6) is 5.75 Å². The molecule has 0 aliphatic carbocycles. The van der Waals surface area contributed by atoms with Gasteiger partial charge in [0.1, 0.15) is 12.4 Å². The Balaban J connectivity index is 2.10. The Kier molecular flexibility index (Phi) is 6.96. The number of nitrogens with zero attached hydrogens (tertiary/aromatic N) is 3. The van der Waals surface area contributed by atoms with Gasteiger partial charge in [0.15, 0.2) is 11.0 Å². The Bertz CT molecular complexity index is 583. The summed E-state index contributed by atoms with van der Waals surface area (Å²) in [5.41, 5.74) is 0. The number of hydrogen-bond acceptors (Lipinski definition) is 4. The summed E-state index contributed by atoms with van der Waals surface area (Å²) in [6.45, 7) is 10.3. The van der Waals surface area contributed by atoms with Gasteiger partial charge in [0.2, 0.25) is 0 Å². The van der Waals surface area contributed by atoms with Gasteiger partial charge in [0.05, 0.1) is 0 Å². The molecule has 0 aliphatic rings. The predicted molar refractivity (Wildman–Crippen MR) is 95.9 cm³/mol. The zero-order valence-corrected chi connectivity index (χ0v) is 15.3. The minimum Gasteiger partial charge on any atom is -0.486 e. The van der Waals surface area contributed by atoms with Gasteiger partial charge in [-0.25, -0.2) is 0 Å². The molecule has 1 unspecified atom stereocenters. The van der Waals surface area contributed by atoms with Gasteiger partial charge in [-0.15, -0.1) is 10.2 Å². The second kappa shape index (κ2) is 8.96. The maximum atomic E-state index is 5.85. The standard InChI is InChI=1S/C18H27N3OS/c1-5-15(4)23-18-20-19-17(21(18)12-11-14(2)3)13-22-16-9-7-6-8-10-16/h6-10,14-15H,5,11-13H2,1-4H3. The van der Waals surface area contributed by atoms with Gasteiger partial charge in [0, 0.05) is 11.8 Å². The minimum absolute atomic E-state index is 0.455. The number of ether oxygens (including phenoxy) is 1. The predicted octanol–water partition coefficient (Wildman–Crippen LogP) is 4.79. The molecule has 5 heteroatoms. The SMILES string of the molecule is CCC(C)Sc1nnc(COc2ccccc2)n1CCC(C)C. The lowest BCUT2D eigenvalue weighted by Gasteiger charge is -2.14. The Morgan fingerprint density at radius 1 is 1.13 bits per heavy atom. The van der Waals surface area contributed by atoms with Crippen molar-refractivity contribution in [3.05, 3.63) is 36.2 Å². The molecule has 0 amide bonds. The Labute approximate surface area is 143 Å². The molecule has 1 aromatic carbocycles. The first-order chi connectivity index (χ1) is 11.1. The van der Waals surface area contributed by atoms with Crippen LogP contribution in [0.3, 0.4) is 0 Å². The molecule has 0 saturated heterocycles. The van der Waals surface area contributed by atoms with Crippen molar-refractivity contribution in [1.29, 1.82) is 0 Å². The first kappa shape index (κ1) is 17.9. The zero-order chi connectivity index (χ0) is 16.7. The van der Waals surface area contributed by atoms with E-state index in [0.29, 0.717) is 17.8 Å². The largest absolute Gasteiger partial charge is 0.486 e. The topological polar surface area (TPSA) is 39.9 Å². The van der Waals surface area contributed by atoms with E-state index in [0.717, 1.165) is 36.1 Å². The van der Waals surface area contributed by atoms with Crippen LogP contribution < -0.4 is 4.74 Å². The van der Waals surface area contributed by atoms with Crippen molar-refractivity contribution in [3.8, 4) is 5.75 Å². The van der Waals surface area contributed by atoms with Crippen molar-refractivity contribution in [2.24, 2.45) is 5.92 Å². The van der Waals surface area contributed by atoms with Crippen molar-refractivity contribution in [2.45, 2.75) is 64.1 Å². The molecule has 0 bridgehead atoms. The van der Waals surface area contributed by atoms with Crippen LogP contribution in [0.2, 0.25) is 0 Å². The summed E-state index contributed by atoms with van der Waals surface area (Å²) in [4.78, 5) is 0. The van der Waals surface area contributed by atoms with Crippen molar-refractivity contribution >= 4 is 11.8 Å². The summed E-state index contributed by atoms with van der Waals surface area (Å²) in [5, 5.41) is 10.3.